The van der Waals surface area contributed by atoms with Crippen molar-refractivity contribution in [2.24, 2.45) is 0 Å². The summed E-state index contributed by atoms with van der Waals surface area (Å²) in [5.41, 5.74) is -2.25. The van der Waals surface area contributed by atoms with Crippen molar-refractivity contribution in [3.63, 3.8) is 0 Å². The number of carboxylic acids is 1. The Morgan fingerprint density at radius 3 is 2.67 bits per heavy atom. The van der Waals surface area contributed by atoms with Crippen molar-refractivity contribution < 1.29 is 20.1 Å². The molecule has 1 aliphatic rings. The zero-order chi connectivity index (χ0) is 9.35. The fourth-order valence-electron chi connectivity index (χ4n) is 0.836. The number of carboxylic acid groups (broad SMARTS) is 1. The van der Waals surface area contributed by atoms with Crippen molar-refractivity contribution >= 4 is 17.6 Å². The summed E-state index contributed by atoms with van der Waals surface area (Å²) in [7, 11) is 0. The molecular formula is C7H7ClO4. The van der Waals surface area contributed by atoms with E-state index in [-0.39, 0.29) is 5.03 Å². The summed E-state index contributed by atoms with van der Waals surface area (Å²) in [4.78, 5) is 10.5. The van der Waals surface area contributed by atoms with Gasteiger partial charge in [0.05, 0.1) is 0 Å². The second kappa shape index (κ2) is 2.90. The Morgan fingerprint density at radius 2 is 2.25 bits per heavy atom. The van der Waals surface area contributed by atoms with Crippen LogP contribution in [0.15, 0.2) is 23.3 Å². The highest BCUT2D eigenvalue weighted by molar-refractivity contribution is 6.31. The monoisotopic (exact) mass is 190 g/mol. The first kappa shape index (κ1) is 9.25. The molecule has 0 aromatic carbocycles. The molecule has 1 aliphatic carbocycles. The third-order valence-electron chi connectivity index (χ3n) is 1.61. The highest BCUT2D eigenvalue weighted by atomic mass is 35.5. The van der Waals surface area contributed by atoms with Crippen LogP contribution in [0.5, 0.6) is 0 Å². The molecule has 0 aromatic heterocycles. The molecule has 0 saturated carbocycles. The van der Waals surface area contributed by atoms with Crippen molar-refractivity contribution in [1.82, 2.24) is 0 Å². The summed E-state index contributed by atoms with van der Waals surface area (Å²) >= 11 is 5.45. The van der Waals surface area contributed by atoms with Gasteiger partial charge in [-0.25, -0.2) is 4.79 Å². The van der Waals surface area contributed by atoms with Gasteiger partial charge < -0.3 is 15.3 Å². The van der Waals surface area contributed by atoms with Gasteiger partial charge in [-0.1, -0.05) is 11.6 Å². The minimum absolute atomic E-state index is 0.202. The van der Waals surface area contributed by atoms with Crippen molar-refractivity contribution in [3.05, 3.63) is 23.3 Å². The summed E-state index contributed by atoms with van der Waals surface area (Å²) < 4.78 is 0. The Kier molecular flexibility index (Phi) is 2.23. The van der Waals surface area contributed by atoms with E-state index in [1.165, 1.54) is 6.08 Å². The summed E-state index contributed by atoms with van der Waals surface area (Å²) in [6.45, 7) is 0. The molecule has 0 saturated heterocycles. The Balaban J connectivity index is 2.99. The van der Waals surface area contributed by atoms with Crippen LogP contribution in [0, 0.1) is 0 Å². The maximum absolute atomic E-state index is 10.5. The lowest BCUT2D eigenvalue weighted by atomic mass is 9.92. The van der Waals surface area contributed by atoms with Gasteiger partial charge in [0, 0.05) is 5.03 Å². The average molecular weight is 191 g/mol. The molecule has 0 aromatic rings. The topological polar surface area (TPSA) is 77.8 Å². The summed E-state index contributed by atoms with van der Waals surface area (Å²) in [5, 5.41) is 27.1. The van der Waals surface area contributed by atoms with E-state index in [9.17, 15) is 9.90 Å². The molecule has 4 nitrogen and oxygen atoms in total. The number of aliphatic hydroxyl groups is 2. The summed E-state index contributed by atoms with van der Waals surface area (Å²) in [6, 6.07) is 0. The van der Waals surface area contributed by atoms with Gasteiger partial charge in [-0.2, -0.15) is 0 Å². The number of hydrogen-bond acceptors (Lipinski definition) is 3. The average Bonchev–Trinajstić information content (AvgIpc) is 1.97. The lowest BCUT2D eigenvalue weighted by Crippen LogP contribution is -2.48. The number of hydrogen-bond donors (Lipinski definition) is 3. The van der Waals surface area contributed by atoms with Crippen LogP contribution in [0.25, 0.3) is 0 Å². The molecule has 0 heterocycles. The Morgan fingerprint density at radius 1 is 1.67 bits per heavy atom. The molecule has 0 spiro atoms. The number of carbonyl (C=O) groups is 1. The molecule has 12 heavy (non-hydrogen) atoms. The number of aliphatic hydroxyl groups excluding tert-OH is 1. The number of halogens is 1. The van der Waals surface area contributed by atoms with E-state index in [2.05, 4.69) is 0 Å². The van der Waals surface area contributed by atoms with Crippen molar-refractivity contribution in [2.45, 2.75) is 11.7 Å². The largest absolute Gasteiger partial charge is 0.479 e. The van der Waals surface area contributed by atoms with E-state index < -0.39 is 17.7 Å². The van der Waals surface area contributed by atoms with E-state index in [0.717, 1.165) is 12.2 Å². The van der Waals surface area contributed by atoms with Gasteiger partial charge in [0.1, 0.15) is 6.10 Å². The van der Waals surface area contributed by atoms with Crippen LogP contribution in [0.2, 0.25) is 0 Å². The zero-order valence-electron chi connectivity index (χ0n) is 5.94. The zero-order valence-corrected chi connectivity index (χ0v) is 6.69. The number of rotatable bonds is 1. The fraction of sp³-hybridized carbons (Fsp3) is 0.286. The standard InChI is InChI=1S/C7H7ClO4/c8-4-1-2-7(12,6(10)11)5(9)3-4/h1-3,5,9,12H,(H,10,11)/t5-,7-/m0/s1. The van der Waals surface area contributed by atoms with Gasteiger partial charge >= 0.3 is 5.97 Å². The third kappa shape index (κ3) is 1.36. The minimum Gasteiger partial charge on any atom is -0.479 e. The molecule has 0 unspecified atom stereocenters. The molecule has 0 bridgehead atoms. The molecule has 2 atom stereocenters. The van der Waals surface area contributed by atoms with Gasteiger partial charge in [-0.05, 0) is 18.2 Å². The third-order valence-corrected chi connectivity index (χ3v) is 1.86. The van der Waals surface area contributed by atoms with E-state index in [1.807, 2.05) is 0 Å². The molecule has 0 radical (unpaired) electrons. The van der Waals surface area contributed by atoms with Crippen LogP contribution in [-0.2, 0) is 4.79 Å². The molecule has 0 fully saturated rings. The number of aliphatic carboxylic acids is 1. The quantitative estimate of drug-likeness (QED) is 0.538. The molecule has 0 amide bonds. The highest BCUT2D eigenvalue weighted by Gasteiger charge is 2.41. The molecule has 5 heteroatoms. The predicted octanol–water partition coefficient (Wildman–Crippen LogP) is -0.144. The van der Waals surface area contributed by atoms with Crippen LogP contribution in [0.1, 0.15) is 0 Å². The fourth-order valence-corrected chi connectivity index (χ4v) is 1.02. The van der Waals surface area contributed by atoms with Gasteiger partial charge in [-0.3, -0.25) is 0 Å². The van der Waals surface area contributed by atoms with Crippen molar-refractivity contribution in [1.29, 1.82) is 0 Å². The second-order valence-corrected chi connectivity index (χ2v) is 2.90. The minimum atomic E-state index is -2.25. The van der Waals surface area contributed by atoms with Crippen molar-refractivity contribution in [3.8, 4) is 0 Å². The van der Waals surface area contributed by atoms with Crippen LogP contribution in [0.4, 0.5) is 0 Å². The Labute approximate surface area is 73.4 Å². The highest BCUT2D eigenvalue weighted by Crippen LogP contribution is 2.23. The number of allylic oxidation sites excluding steroid dienone is 2. The maximum atomic E-state index is 10.5. The lowest BCUT2D eigenvalue weighted by molar-refractivity contribution is -0.160. The van der Waals surface area contributed by atoms with Gasteiger partial charge in [0.15, 0.2) is 0 Å². The Hall–Kier alpha value is -0.840. The van der Waals surface area contributed by atoms with Crippen LogP contribution in [0.3, 0.4) is 0 Å². The van der Waals surface area contributed by atoms with Crippen LogP contribution >= 0.6 is 11.6 Å². The lowest BCUT2D eigenvalue weighted by Gasteiger charge is -2.25. The summed E-state index contributed by atoms with van der Waals surface area (Å²) in [5.74, 6) is -1.51. The van der Waals surface area contributed by atoms with Gasteiger partial charge in [0.2, 0.25) is 5.60 Å². The molecule has 3 N–H and O–H groups in total. The smallest absolute Gasteiger partial charge is 0.342 e. The van der Waals surface area contributed by atoms with Crippen molar-refractivity contribution in [2.75, 3.05) is 0 Å². The molecule has 0 aliphatic heterocycles. The second-order valence-electron chi connectivity index (χ2n) is 2.46. The summed E-state index contributed by atoms with van der Waals surface area (Å²) in [6.07, 6.45) is 1.73. The van der Waals surface area contributed by atoms with E-state index >= 15 is 0 Å². The van der Waals surface area contributed by atoms with Crippen LogP contribution in [-0.4, -0.2) is 33.0 Å². The van der Waals surface area contributed by atoms with E-state index in [4.69, 9.17) is 21.8 Å². The van der Waals surface area contributed by atoms with E-state index in [1.54, 1.807) is 0 Å². The van der Waals surface area contributed by atoms with E-state index in [0.29, 0.717) is 0 Å². The normalized spacial score (nSPS) is 34.6. The molecule has 1 rings (SSSR count). The molecule has 66 valence electrons. The van der Waals surface area contributed by atoms with Gasteiger partial charge in [-0.15, -0.1) is 0 Å². The SMILES string of the molecule is O=C(O)[C@]1(O)C=CC(Cl)=C[C@@H]1O. The first-order valence-electron chi connectivity index (χ1n) is 3.17. The van der Waals surface area contributed by atoms with Crippen LogP contribution < -0.4 is 0 Å². The van der Waals surface area contributed by atoms with Gasteiger partial charge in [0.25, 0.3) is 0 Å². The Bertz CT molecular complexity index is 271. The first-order chi connectivity index (χ1) is 5.47. The first-order valence-corrected chi connectivity index (χ1v) is 3.55. The maximum Gasteiger partial charge on any atom is 0.342 e. The predicted molar refractivity (Wildman–Crippen MR) is 41.7 cm³/mol. The molecular weight excluding hydrogens is 184 g/mol.